The average Bonchev–Trinajstić information content (AvgIpc) is 2.55. The number of hydrogen-bond acceptors (Lipinski definition) is 3. The fourth-order valence-corrected chi connectivity index (χ4v) is 2.29. The van der Waals surface area contributed by atoms with Crippen molar-refractivity contribution in [1.82, 2.24) is 9.97 Å². The molecule has 0 aliphatic rings. The van der Waals surface area contributed by atoms with Gasteiger partial charge in [-0.2, -0.15) is 0 Å². The standard InChI is InChI=1S/C17H12N2O2/c20-17(21)14-7-3-6-13(15-8-1-2-10-19-15)16(14)12-5-4-9-18-11-12/h1-11H,(H,20,21). The van der Waals surface area contributed by atoms with Gasteiger partial charge in [-0.3, -0.25) is 9.97 Å². The van der Waals surface area contributed by atoms with E-state index < -0.39 is 5.97 Å². The van der Waals surface area contributed by atoms with Crippen LogP contribution in [0.15, 0.2) is 67.1 Å². The number of carbonyl (C=O) groups is 1. The number of aromatic carboxylic acids is 1. The quantitative estimate of drug-likeness (QED) is 0.795. The Hall–Kier alpha value is -3.01. The minimum absolute atomic E-state index is 0.242. The highest BCUT2D eigenvalue weighted by molar-refractivity contribution is 6.00. The molecule has 0 atom stereocenters. The molecule has 3 rings (SSSR count). The average molecular weight is 276 g/mol. The third kappa shape index (κ3) is 2.51. The van der Waals surface area contributed by atoms with Crippen molar-refractivity contribution in [2.24, 2.45) is 0 Å². The Kier molecular flexibility index (Phi) is 3.43. The lowest BCUT2D eigenvalue weighted by atomic mass is 9.93. The van der Waals surface area contributed by atoms with Crippen LogP contribution in [0.2, 0.25) is 0 Å². The summed E-state index contributed by atoms with van der Waals surface area (Å²) in [4.78, 5) is 19.9. The molecule has 0 amide bonds. The van der Waals surface area contributed by atoms with Crippen molar-refractivity contribution in [2.45, 2.75) is 0 Å². The van der Waals surface area contributed by atoms with Crippen LogP contribution in [-0.4, -0.2) is 21.0 Å². The highest BCUT2D eigenvalue weighted by atomic mass is 16.4. The van der Waals surface area contributed by atoms with Gasteiger partial charge in [-0.25, -0.2) is 4.79 Å². The highest BCUT2D eigenvalue weighted by Gasteiger charge is 2.17. The molecule has 1 N–H and O–H groups in total. The topological polar surface area (TPSA) is 63.1 Å². The van der Waals surface area contributed by atoms with Gasteiger partial charge in [0.15, 0.2) is 0 Å². The summed E-state index contributed by atoms with van der Waals surface area (Å²) in [6.07, 6.45) is 5.01. The number of nitrogens with zero attached hydrogens (tertiary/aromatic N) is 2. The molecule has 21 heavy (non-hydrogen) atoms. The van der Waals surface area contributed by atoms with E-state index in [0.29, 0.717) is 5.56 Å². The maximum absolute atomic E-state index is 11.5. The normalized spacial score (nSPS) is 10.3. The summed E-state index contributed by atoms with van der Waals surface area (Å²) in [7, 11) is 0. The molecule has 4 heteroatoms. The third-order valence-electron chi connectivity index (χ3n) is 3.19. The van der Waals surface area contributed by atoms with Gasteiger partial charge in [0, 0.05) is 35.3 Å². The van der Waals surface area contributed by atoms with Crippen molar-refractivity contribution >= 4 is 5.97 Å². The minimum Gasteiger partial charge on any atom is -0.478 e. The fraction of sp³-hybridized carbons (Fsp3) is 0. The lowest BCUT2D eigenvalue weighted by Crippen LogP contribution is -2.01. The van der Waals surface area contributed by atoms with Crippen molar-refractivity contribution in [2.75, 3.05) is 0 Å². The first-order valence-electron chi connectivity index (χ1n) is 6.45. The van der Waals surface area contributed by atoms with E-state index in [9.17, 15) is 9.90 Å². The van der Waals surface area contributed by atoms with Crippen molar-refractivity contribution in [3.8, 4) is 22.4 Å². The third-order valence-corrected chi connectivity index (χ3v) is 3.19. The van der Waals surface area contributed by atoms with Gasteiger partial charge < -0.3 is 5.11 Å². The van der Waals surface area contributed by atoms with E-state index in [1.54, 1.807) is 36.8 Å². The second-order valence-corrected chi connectivity index (χ2v) is 4.49. The first kappa shape index (κ1) is 13.0. The molecule has 0 aliphatic heterocycles. The molecule has 0 spiro atoms. The number of pyridine rings is 2. The Morgan fingerprint density at radius 1 is 0.952 bits per heavy atom. The monoisotopic (exact) mass is 276 g/mol. The summed E-state index contributed by atoms with van der Waals surface area (Å²) < 4.78 is 0. The second-order valence-electron chi connectivity index (χ2n) is 4.49. The van der Waals surface area contributed by atoms with Gasteiger partial charge in [0.1, 0.15) is 0 Å². The summed E-state index contributed by atoms with van der Waals surface area (Å²) in [6.45, 7) is 0. The van der Waals surface area contributed by atoms with Crippen LogP contribution in [0.1, 0.15) is 10.4 Å². The van der Waals surface area contributed by atoms with Crippen LogP contribution < -0.4 is 0 Å². The molecule has 4 nitrogen and oxygen atoms in total. The molecule has 0 radical (unpaired) electrons. The van der Waals surface area contributed by atoms with E-state index in [2.05, 4.69) is 9.97 Å². The lowest BCUT2D eigenvalue weighted by molar-refractivity contribution is 0.0698. The molecule has 2 aromatic heterocycles. The first-order chi connectivity index (χ1) is 10.3. The molecule has 1 aromatic carbocycles. The van der Waals surface area contributed by atoms with Crippen LogP contribution in [0.5, 0.6) is 0 Å². The zero-order valence-corrected chi connectivity index (χ0v) is 11.1. The summed E-state index contributed by atoms with van der Waals surface area (Å²) in [5, 5.41) is 9.46. The highest BCUT2D eigenvalue weighted by Crippen LogP contribution is 2.33. The number of benzene rings is 1. The van der Waals surface area contributed by atoms with E-state index in [1.807, 2.05) is 30.3 Å². The maximum Gasteiger partial charge on any atom is 0.336 e. The minimum atomic E-state index is -0.966. The lowest BCUT2D eigenvalue weighted by Gasteiger charge is -2.12. The van der Waals surface area contributed by atoms with Crippen molar-refractivity contribution < 1.29 is 9.90 Å². The molecule has 0 unspecified atom stereocenters. The number of rotatable bonds is 3. The van der Waals surface area contributed by atoms with Gasteiger partial charge >= 0.3 is 5.97 Å². The predicted octanol–water partition coefficient (Wildman–Crippen LogP) is 3.51. The van der Waals surface area contributed by atoms with Gasteiger partial charge in [0.25, 0.3) is 0 Å². The first-order valence-corrected chi connectivity index (χ1v) is 6.45. The molecule has 0 fully saturated rings. The molecule has 3 aromatic rings. The van der Waals surface area contributed by atoms with Crippen molar-refractivity contribution in [3.63, 3.8) is 0 Å². The van der Waals surface area contributed by atoms with E-state index in [-0.39, 0.29) is 5.56 Å². The van der Waals surface area contributed by atoms with E-state index >= 15 is 0 Å². The van der Waals surface area contributed by atoms with E-state index in [1.165, 1.54) is 0 Å². The molecule has 2 heterocycles. The van der Waals surface area contributed by atoms with Crippen molar-refractivity contribution in [3.05, 3.63) is 72.7 Å². The Morgan fingerprint density at radius 3 is 2.52 bits per heavy atom. The van der Waals surface area contributed by atoms with Gasteiger partial charge in [-0.15, -0.1) is 0 Å². The predicted molar refractivity (Wildman–Crippen MR) is 79.9 cm³/mol. The van der Waals surface area contributed by atoms with Gasteiger partial charge in [-0.1, -0.05) is 24.3 Å². The molecule has 0 saturated heterocycles. The Labute approximate surface area is 121 Å². The number of carboxylic acids is 1. The molecule has 102 valence electrons. The summed E-state index contributed by atoms with van der Waals surface area (Å²) in [6, 6.07) is 14.4. The zero-order valence-electron chi connectivity index (χ0n) is 11.1. The smallest absolute Gasteiger partial charge is 0.336 e. The summed E-state index contributed by atoms with van der Waals surface area (Å²) in [5.41, 5.74) is 3.15. The number of carboxylic acid groups (broad SMARTS) is 1. The zero-order chi connectivity index (χ0) is 14.7. The molecular formula is C17H12N2O2. The molecular weight excluding hydrogens is 264 g/mol. The second kappa shape index (κ2) is 5.54. The Morgan fingerprint density at radius 2 is 1.86 bits per heavy atom. The van der Waals surface area contributed by atoms with Crippen LogP contribution in [0.25, 0.3) is 22.4 Å². The SMILES string of the molecule is O=C(O)c1cccc(-c2ccccn2)c1-c1cccnc1. The summed E-state index contributed by atoms with van der Waals surface area (Å²) in [5.74, 6) is -0.966. The molecule has 0 saturated carbocycles. The van der Waals surface area contributed by atoms with Gasteiger partial charge in [0.05, 0.1) is 11.3 Å². The van der Waals surface area contributed by atoms with Crippen LogP contribution >= 0.6 is 0 Å². The van der Waals surface area contributed by atoms with Crippen LogP contribution in [0.4, 0.5) is 0 Å². The molecule has 0 aliphatic carbocycles. The van der Waals surface area contributed by atoms with E-state index in [4.69, 9.17) is 0 Å². The summed E-state index contributed by atoms with van der Waals surface area (Å²) >= 11 is 0. The van der Waals surface area contributed by atoms with E-state index in [0.717, 1.165) is 16.8 Å². The Balaban J connectivity index is 2.31. The Bertz CT molecular complexity index is 771. The van der Waals surface area contributed by atoms with Crippen LogP contribution in [0.3, 0.4) is 0 Å². The maximum atomic E-state index is 11.5. The van der Waals surface area contributed by atoms with Crippen LogP contribution in [-0.2, 0) is 0 Å². The molecule has 0 bridgehead atoms. The van der Waals surface area contributed by atoms with Gasteiger partial charge in [-0.05, 0) is 24.3 Å². The van der Waals surface area contributed by atoms with Crippen molar-refractivity contribution in [1.29, 1.82) is 0 Å². The number of aromatic nitrogens is 2. The number of hydrogen-bond donors (Lipinski definition) is 1. The largest absolute Gasteiger partial charge is 0.478 e. The van der Waals surface area contributed by atoms with Gasteiger partial charge in [0.2, 0.25) is 0 Å². The fourth-order valence-electron chi connectivity index (χ4n) is 2.29. The van der Waals surface area contributed by atoms with Crippen LogP contribution in [0, 0.1) is 0 Å².